The SMILES string of the molecule is CCOCCCNC(=NC)NCc1cccc(C(N)=O)c1.I. The molecule has 0 fully saturated rings. The lowest BCUT2D eigenvalue weighted by Crippen LogP contribution is -2.37. The summed E-state index contributed by atoms with van der Waals surface area (Å²) in [6.07, 6.45) is 0.922. The maximum absolute atomic E-state index is 11.1. The lowest BCUT2D eigenvalue weighted by atomic mass is 10.1. The van der Waals surface area contributed by atoms with Crippen LogP contribution in [0.2, 0.25) is 0 Å². The molecule has 0 unspecified atom stereocenters. The van der Waals surface area contributed by atoms with Gasteiger partial charge in [0.25, 0.3) is 0 Å². The molecule has 22 heavy (non-hydrogen) atoms. The minimum absolute atomic E-state index is 0. The number of nitrogens with zero attached hydrogens (tertiary/aromatic N) is 1. The zero-order valence-corrected chi connectivity index (χ0v) is 15.4. The van der Waals surface area contributed by atoms with Crippen molar-refractivity contribution in [3.05, 3.63) is 35.4 Å². The molecule has 0 bridgehead atoms. The number of nitrogens with one attached hydrogen (secondary N) is 2. The van der Waals surface area contributed by atoms with E-state index in [0.717, 1.165) is 37.7 Å². The van der Waals surface area contributed by atoms with E-state index >= 15 is 0 Å². The molecule has 0 atom stereocenters. The van der Waals surface area contributed by atoms with Gasteiger partial charge in [0.1, 0.15) is 0 Å². The van der Waals surface area contributed by atoms with E-state index in [1.54, 1.807) is 19.2 Å². The lowest BCUT2D eigenvalue weighted by Gasteiger charge is -2.12. The third-order valence-corrected chi connectivity index (χ3v) is 2.86. The Balaban J connectivity index is 0.00000441. The van der Waals surface area contributed by atoms with Crippen LogP contribution in [0.5, 0.6) is 0 Å². The predicted octanol–water partition coefficient (Wildman–Crippen LogP) is 1.50. The highest BCUT2D eigenvalue weighted by molar-refractivity contribution is 14.0. The Hall–Kier alpha value is -1.35. The standard InChI is InChI=1S/C15H24N4O2.HI/c1-3-21-9-5-8-18-15(17-2)19-11-12-6-4-7-13(10-12)14(16)20;/h4,6-7,10H,3,5,8-9,11H2,1-2H3,(H2,16,20)(H2,17,18,19);1H. The number of amides is 1. The third kappa shape index (κ3) is 8.18. The highest BCUT2D eigenvalue weighted by Gasteiger charge is 2.02. The van der Waals surface area contributed by atoms with Crippen molar-refractivity contribution in [1.82, 2.24) is 10.6 Å². The molecular formula is C15H25IN4O2. The van der Waals surface area contributed by atoms with Crippen molar-refractivity contribution < 1.29 is 9.53 Å². The summed E-state index contributed by atoms with van der Waals surface area (Å²) in [7, 11) is 1.72. The van der Waals surface area contributed by atoms with Gasteiger partial charge in [0.15, 0.2) is 5.96 Å². The molecule has 0 saturated carbocycles. The van der Waals surface area contributed by atoms with E-state index in [-0.39, 0.29) is 24.0 Å². The van der Waals surface area contributed by atoms with Gasteiger partial charge in [-0.1, -0.05) is 12.1 Å². The average Bonchev–Trinajstić information content (AvgIpc) is 2.50. The van der Waals surface area contributed by atoms with Gasteiger partial charge in [-0.15, -0.1) is 24.0 Å². The van der Waals surface area contributed by atoms with E-state index in [4.69, 9.17) is 10.5 Å². The maximum Gasteiger partial charge on any atom is 0.248 e. The number of nitrogens with two attached hydrogens (primary N) is 1. The van der Waals surface area contributed by atoms with E-state index in [9.17, 15) is 4.79 Å². The van der Waals surface area contributed by atoms with Gasteiger partial charge in [0, 0.05) is 38.9 Å². The smallest absolute Gasteiger partial charge is 0.248 e. The van der Waals surface area contributed by atoms with Crippen LogP contribution in [0.25, 0.3) is 0 Å². The van der Waals surface area contributed by atoms with Crippen LogP contribution in [0, 0.1) is 0 Å². The Morgan fingerprint density at radius 3 is 2.77 bits per heavy atom. The first-order chi connectivity index (χ1) is 10.2. The van der Waals surface area contributed by atoms with Crippen molar-refractivity contribution in [3.63, 3.8) is 0 Å². The normalized spacial score (nSPS) is 10.7. The number of rotatable bonds is 8. The molecule has 0 aliphatic rings. The number of ether oxygens (including phenoxy) is 1. The van der Waals surface area contributed by atoms with E-state index in [1.165, 1.54) is 0 Å². The zero-order chi connectivity index (χ0) is 15.5. The third-order valence-electron chi connectivity index (χ3n) is 2.86. The first kappa shape index (κ1) is 20.6. The number of benzene rings is 1. The number of aliphatic imine (C=N–C) groups is 1. The molecule has 0 aliphatic heterocycles. The predicted molar refractivity (Wildman–Crippen MR) is 99.7 cm³/mol. The van der Waals surface area contributed by atoms with Gasteiger partial charge in [0.05, 0.1) is 0 Å². The molecule has 124 valence electrons. The molecule has 1 rings (SSSR count). The molecule has 1 aromatic rings. The monoisotopic (exact) mass is 420 g/mol. The van der Waals surface area contributed by atoms with E-state index in [2.05, 4.69) is 15.6 Å². The van der Waals surface area contributed by atoms with Gasteiger partial charge in [-0.05, 0) is 31.0 Å². The quantitative estimate of drug-likeness (QED) is 0.257. The van der Waals surface area contributed by atoms with Crippen molar-refractivity contribution >= 4 is 35.8 Å². The maximum atomic E-state index is 11.1. The van der Waals surface area contributed by atoms with Crippen molar-refractivity contribution in [1.29, 1.82) is 0 Å². The van der Waals surface area contributed by atoms with Crippen LogP contribution < -0.4 is 16.4 Å². The topological polar surface area (TPSA) is 88.7 Å². The fourth-order valence-corrected chi connectivity index (χ4v) is 1.77. The minimum Gasteiger partial charge on any atom is -0.382 e. The number of primary amides is 1. The minimum atomic E-state index is -0.421. The molecule has 0 saturated heterocycles. The number of hydrogen-bond acceptors (Lipinski definition) is 3. The summed E-state index contributed by atoms with van der Waals surface area (Å²) in [4.78, 5) is 15.3. The Labute approximate surface area is 148 Å². The number of hydrogen-bond donors (Lipinski definition) is 3. The van der Waals surface area contributed by atoms with Gasteiger partial charge in [-0.25, -0.2) is 0 Å². The lowest BCUT2D eigenvalue weighted by molar-refractivity contribution is 0.1000. The number of guanidine groups is 1. The number of halogens is 1. The molecule has 6 nitrogen and oxygen atoms in total. The molecule has 1 aromatic carbocycles. The van der Waals surface area contributed by atoms with Crippen LogP contribution in [-0.4, -0.2) is 38.7 Å². The Morgan fingerprint density at radius 2 is 2.14 bits per heavy atom. The summed E-state index contributed by atoms with van der Waals surface area (Å²) in [5.74, 6) is 0.297. The van der Waals surface area contributed by atoms with Gasteiger partial charge >= 0.3 is 0 Å². The molecular weight excluding hydrogens is 395 g/mol. The van der Waals surface area contributed by atoms with Gasteiger partial charge in [-0.3, -0.25) is 9.79 Å². The first-order valence-electron chi connectivity index (χ1n) is 7.08. The van der Waals surface area contributed by atoms with Crippen molar-refractivity contribution in [2.24, 2.45) is 10.7 Å². The van der Waals surface area contributed by atoms with Crippen LogP contribution in [0.15, 0.2) is 29.3 Å². The van der Waals surface area contributed by atoms with Crippen molar-refractivity contribution in [2.75, 3.05) is 26.8 Å². The molecule has 0 radical (unpaired) electrons. The van der Waals surface area contributed by atoms with Crippen LogP contribution in [0.1, 0.15) is 29.3 Å². The number of carbonyl (C=O) groups excluding carboxylic acids is 1. The van der Waals surface area contributed by atoms with E-state index in [0.29, 0.717) is 12.1 Å². The second-order valence-corrected chi connectivity index (χ2v) is 4.47. The molecule has 7 heteroatoms. The second-order valence-electron chi connectivity index (χ2n) is 4.47. The fraction of sp³-hybridized carbons (Fsp3) is 0.467. The molecule has 4 N–H and O–H groups in total. The van der Waals surface area contributed by atoms with Gasteiger partial charge < -0.3 is 21.1 Å². The summed E-state index contributed by atoms with van der Waals surface area (Å²) in [6, 6.07) is 7.22. The highest BCUT2D eigenvalue weighted by atomic mass is 127. The summed E-state index contributed by atoms with van der Waals surface area (Å²) in [5.41, 5.74) is 6.75. The Kier molecular flexibility index (Phi) is 11.5. The highest BCUT2D eigenvalue weighted by Crippen LogP contribution is 2.04. The average molecular weight is 420 g/mol. The fourth-order valence-electron chi connectivity index (χ4n) is 1.77. The van der Waals surface area contributed by atoms with Crippen LogP contribution in [0.4, 0.5) is 0 Å². The second kappa shape index (κ2) is 12.2. The number of carbonyl (C=O) groups is 1. The van der Waals surface area contributed by atoms with Crippen LogP contribution in [0.3, 0.4) is 0 Å². The summed E-state index contributed by atoms with van der Waals surface area (Å²) in [5, 5.41) is 6.39. The molecule has 1 amide bonds. The molecule has 0 spiro atoms. The molecule has 0 heterocycles. The van der Waals surface area contributed by atoms with Gasteiger partial charge in [-0.2, -0.15) is 0 Å². The van der Waals surface area contributed by atoms with Crippen LogP contribution >= 0.6 is 24.0 Å². The summed E-state index contributed by atoms with van der Waals surface area (Å²) < 4.78 is 5.27. The van der Waals surface area contributed by atoms with Crippen molar-refractivity contribution in [3.8, 4) is 0 Å². The van der Waals surface area contributed by atoms with Crippen LogP contribution in [-0.2, 0) is 11.3 Å². The molecule has 0 aromatic heterocycles. The largest absolute Gasteiger partial charge is 0.382 e. The Bertz CT molecular complexity index is 480. The van der Waals surface area contributed by atoms with Gasteiger partial charge in [0.2, 0.25) is 5.91 Å². The zero-order valence-electron chi connectivity index (χ0n) is 13.1. The summed E-state index contributed by atoms with van der Waals surface area (Å²) in [6.45, 7) is 4.83. The summed E-state index contributed by atoms with van der Waals surface area (Å²) >= 11 is 0. The van der Waals surface area contributed by atoms with E-state index in [1.807, 2.05) is 19.1 Å². The van der Waals surface area contributed by atoms with E-state index < -0.39 is 5.91 Å². The molecule has 0 aliphatic carbocycles. The van der Waals surface area contributed by atoms with Crippen molar-refractivity contribution in [2.45, 2.75) is 19.9 Å². The first-order valence-corrected chi connectivity index (χ1v) is 7.08. The Morgan fingerprint density at radius 1 is 1.36 bits per heavy atom.